The molecule has 0 fully saturated rings. The van der Waals surface area contributed by atoms with Gasteiger partial charge in [0.05, 0.1) is 6.10 Å². The number of nitrogens with zero attached hydrogens (tertiary/aromatic N) is 1. The number of hydrogen-bond acceptors (Lipinski definition) is 3. The Morgan fingerprint density at radius 2 is 2.00 bits per heavy atom. The second-order valence-electron chi connectivity index (χ2n) is 3.67. The Morgan fingerprint density at radius 1 is 1.43 bits per heavy atom. The molecule has 0 aromatic carbocycles. The lowest BCUT2D eigenvalue weighted by Crippen LogP contribution is -2.37. The fourth-order valence-corrected chi connectivity index (χ4v) is 1.52. The molecule has 3 nitrogen and oxygen atoms in total. The smallest absolute Gasteiger partial charge is 0.409 e. The van der Waals surface area contributed by atoms with Gasteiger partial charge < -0.3 is 9.64 Å². The van der Waals surface area contributed by atoms with Gasteiger partial charge in [-0.15, -0.1) is 0 Å². The van der Waals surface area contributed by atoms with E-state index in [1.165, 1.54) is 0 Å². The van der Waals surface area contributed by atoms with E-state index in [1.807, 2.05) is 20.8 Å². The van der Waals surface area contributed by atoms with E-state index >= 15 is 0 Å². The van der Waals surface area contributed by atoms with E-state index in [0.717, 1.165) is 12.2 Å². The van der Waals surface area contributed by atoms with Crippen molar-refractivity contribution in [2.75, 3.05) is 19.1 Å². The van der Waals surface area contributed by atoms with Gasteiger partial charge in [0.25, 0.3) is 0 Å². The second kappa shape index (κ2) is 6.98. The standard InChI is InChI=1S/C10H21NO2S/c1-8(2)13-10(12)11(4)9(3)6-7-14-5/h8-9H,6-7H2,1-5H3. The summed E-state index contributed by atoms with van der Waals surface area (Å²) in [5.41, 5.74) is 0. The summed E-state index contributed by atoms with van der Waals surface area (Å²) < 4.78 is 5.09. The molecule has 0 rings (SSSR count). The monoisotopic (exact) mass is 219 g/mol. The van der Waals surface area contributed by atoms with Crippen molar-refractivity contribution in [3.63, 3.8) is 0 Å². The van der Waals surface area contributed by atoms with Crippen LogP contribution in [-0.2, 0) is 4.74 Å². The second-order valence-corrected chi connectivity index (χ2v) is 4.66. The first-order valence-corrected chi connectivity index (χ1v) is 6.30. The van der Waals surface area contributed by atoms with E-state index in [9.17, 15) is 4.79 Å². The molecule has 0 aromatic heterocycles. The topological polar surface area (TPSA) is 29.5 Å². The molecule has 0 saturated carbocycles. The SMILES string of the molecule is CSCCC(C)N(C)C(=O)OC(C)C. The fourth-order valence-electron chi connectivity index (χ4n) is 0.947. The molecule has 0 aliphatic carbocycles. The minimum absolute atomic E-state index is 0.0438. The van der Waals surface area contributed by atoms with Gasteiger partial charge in [0.15, 0.2) is 0 Å². The summed E-state index contributed by atoms with van der Waals surface area (Å²) in [7, 11) is 1.79. The quantitative estimate of drug-likeness (QED) is 0.712. The fraction of sp³-hybridized carbons (Fsp3) is 0.900. The minimum Gasteiger partial charge on any atom is -0.447 e. The predicted octanol–water partition coefficient (Wildman–Crippen LogP) is 2.60. The zero-order valence-electron chi connectivity index (χ0n) is 9.74. The minimum atomic E-state index is -0.228. The maximum absolute atomic E-state index is 11.5. The summed E-state index contributed by atoms with van der Waals surface area (Å²) in [6.45, 7) is 5.76. The van der Waals surface area contributed by atoms with Gasteiger partial charge in [-0.3, -0.25) is 0 Å². The lowest BCUT2D eigenvalue weighted by molar-refractivity contribution is 0.0742. The van der Waals surface area contributed by atoms with Crippen LogP contribution in [0.5, 0.6) is 0 Å². The summed E-state index contributed by atoms with van der Waals surface area (Å²) in [6.07, 6.45) is 2.80. The van der Waals surface area contributed by atoms with E-state index < -0.39 is 0 Å². The van der Waals surface area contributed by atoms with Crippen LogP contribution in [0.4, 0.5) is 4.79 Å². The molecule has 1 atom stereocenters. The molecule has 84 valence electrons. The highest BCUT2D eigenvalue weighted by molar-refractivity contribution is 7.98. The molecule has 1 unspecified atom stereocenters. The molecule has 4 heteroatoms. The van der Waals surface area contributed by atoms with Crippen molar-refractivity contribution >= 4 is 17.9 Å². The maximum atomic E-state index is 11.5. The van der Waals surface area contributed by atoms with E-state index in [4.69, 9.17) is 4.74 Å². The molecule has 1 amide bonds. The third-order valence-corrected chi connectivity index (χ3v) is 2.67. The molecule has 0 aliphatic heterocycles. The van der Waals surface area contributed by atoms with E-state index in [0.29, 0.717) is 0 Å². The zero-order valence-corrected chi connectivity index (χ0v) is 10.6. The van der Waals surface area contributed by atoms with E-state index in [1.54, 1.807) is 23.7 Å². The first-order valence-electron chi connectivity index (χ1n) is 4.91. The largest absolute Gasteiger partial charge is 0.447 e. The normalized spacial score (nSPS) is 12.7. The lowest BCUT2D eigenvalue weighted by Gasteiger charge is -2.25. The highest BCUT2D eigenvalue weighted by Gasteiger charge is 2.17. The molecule has 0 radical (unpaired) electrons. The highest BCUT2D eigenvalue weighted by Crippen LogP contribution is 2.08. The molecular weight excluding hydrogens is 198 g/mol. The summed E-state index contributed by atoms with van der Waals surface area (Å²) in [6, 6.07) is 0.244. The van der Waals surface area contributed by atoms with Crippen LogP contribution < -0.4 is 0 Å². The number of ether oxygens (including phenoxy) is 1. The van der Waals surface area contributed by atoms with Crippen molar-refractivity contribution < 1.29 is 9.53 Å². The van der Waals surface area contributed by atoms with Crippen LogP contribution in [0.3, 0.4) is 0 Å². The summed E-state index contributed by atoms with van der Waals surface area (Å²) in [5, 5.41) is 0. The van der Waals surface area contributed by atoms with E-state index in [2.05, 4.69) is 6.26 Å². The van der Waals surface area contributed by atoms with Crippen LogP contribution in [0.25, 0.3) is 0 Å². The number of amides is 1. The average Bonchev–Trinajstić information content (AvgIpc) is 2.11. The van der Waals surface area contributed by atoms with Crippen molar-refractivity contribution in [2.24, 2.45) is 0 Å². The van der Waals surface area contributed by atoms with Crippen LogP contribution in [-0.4, -0.2) is 42.2 Å². The van der Waals surface area contributed by atoms with Gasteiger partial charge in [0, 0.05) is 13.1 Å². The highest BCUT2D eigenvalue weighted by atomic mass is 32.2. The van der Waals surface area contributed by atoms with Crippen molar-refractivity contribution in [1.29, 1.82) is 0 Å². The van der Waals surface area contributed by atoms with Crippen LogP contribution >= 0.6 is 11.8 Å². The maximum Gasteiger partial charge on any atom is 0.409 e. The molecule has 0 heterocycles. The van der Waals surface area contributed by atoms with Gasteiger partial charge >= 0.3 is 6.09 Å². The number of carbonyl (C=O) groups excluding carboxylic acids is 1. The van der Waals surface area contributed by atoms with Crippen molar-refractivity contribution in [2.45, 2.75) is 39.3 Å². The number of rotatable bonds is 5. The molecular formula is C10H21NO2S. The Balaban J connectivity index is 3.90. The van der Waals surface area contributed by atoms with Gasteiger partial charge in [-0.1, -0.05) is 0 Å². The Kier molecular flexibility index (Phi) is 6.79. The van der Waals surface area contributed by atoms with Crippen molar-refractivity contribution in [3.05, 3.63) is 0 Å². The number of carbonyl (C=O) groups is 1. The van der Waals surface area contributed by atoms with Gasteiger partial charge in [0.2, 0.25) is 0 Å². The molecule has 0 bridgehead atoms. The predicted molar refractivity (Wildman–Crippen MR) is 61.8 cm³/mol. The van der Waals surface area contributed by atoms with E-state index in [-0.39, 0.29) is 18.2 Å². The number of thioether (sulfide) groups is 1. The van der Waals surface area contributed by atoms with Gasteiger partial charge in [-0.25, -0.2) is 4.79 Å². The molecule has 0 aromatic rings. The lowest BCUT2D eigenvalue weighted by atomic mass is 10.2. The molecule has 0 N–H and O–H groups in total. The Hall–Kier alpha value is -0.380. The Labute approximate surface area is 91.2 Å². The Morgan fingerprint density at radius 3 is 2.43 bits per heavy atom. The molecule has 0 saturated heterocycles. The molecule has 14 heavy (non-hydrogen) atoms. The summed E-state index contributed by atoms with van der Waals surface area (Å²) in [5.74, 6) is 1.07. The van der Waals surface area contributed by atoms with Crippen LogP contribution in [0.15, 0.2) is 0 Å². The zero-order chi connectivity index (χ0) is 11.1. The average molecular weight is 219 g/mol. The van der Waals surface area contributed by atoms with Crippen LogP contribution in [0.1, 0.15) is 27.2 Å². The molecule has 0 spiro atoms. The van der Waals surface area contributed by atoms with Crippen LogP contribution in [0.2, 0.25) is 0 Å². The summed E-state index contributed by atoms with van der Waals surface area (Å²) >= 11 is 1.79. The first-order chi connectivity index (χ1) is 6.49. The van der Waals surface area contributed by atoms with Gasteiger partial charge in [-0.05, 0) is 39.2 Å². The van der Waals surface area contributed by atoms with Crippen molar-refractivity contribution in [3.8, 4) is 0 Å². The third kappa shape index (κ3) is 5.37. The summed E-state index contributed by atoms with van der Waals surface area (Å²) in [4.78, 5) is 13.1. The Bertz CT molecular complexity index is 174. The van der Waals surface area contributed by atoms with Gasteiger partial charge in [0.1, 0.15) is 0 Å². The van der Waals surface area contributed by atoms with Crippen LogP contribution in [0, 0.1) is 0 Å². The first kappa shape index (κ1) is 13.6. The van der Waals surface area contributed by atoms with Gasteiger partial charge in [-0.2, -0.15) is 11.8 Å². The molecule has 0 aliphatic rings. The number of hydrogen-bond donors (Lipinski definition) is 0. The van der Waals surface area contributed by atoms with Crippen molar-refractivity contribution in [1.82, 2.24) is 4.90 Å². The third-order valence-electron chi connectivity index (χ3n) is 2.03.